The van der Waals surface area contributed by atoms with Crippen molar-refractivity contribution in [2.45, 2.75) is 6.17 Å². The van der Waals surface area contributed by atoms with Crippen LogP contribution in [0.5, 0.6) is 0 Å². The summed E-state index contributed by atoms with van der Waals surface area (Å²) in [5.41, 5.74) is 5.58. The number of aliphatic carboxylic acids is 4. The van der Waals surface area contributed by atoms with Crippen molar-refractivity contribution in [1.82, 2.24) is 9.80 Å². The first kappa shape index (κ1) is 27.6. The van der Waals surface area contributed by atoms with Crippen molar-refractivity contribution in [3.8, 4) is 0 Å². The molecule has 0 bridgehead atoms. The van der Waals surface area contributed by atoms with Crippen molar-refractivity contribution < 1.29 is 98.7 Å². The van der Waals surface area contributed by atoms with E-state index >= 15 is 0 Å². The third kappa shape index (κ3) is 15.1. The second-order valence-electron chi connectivity index (χ2n) is 4.17. The fourth-order valence-corrected chi connectivity index (χ4v) is 1.57. The molecular formula is C10H15N3Na2O8. The predicted molar refractivity (Wildman–Crippen MR) is 61.3 cm³/mol. The first-order valence-electron chi connectivity index (χ1n) is 5.67. The molecule has 23 heavy (non-hydrogen) atoms. The molecule has 0 aromatic carbocycles. The number of nitrogens with two attached hydrogens (primary N) is 1. The van der Waals surface area contributed by atoms with Crippen LogP contribution in [0.3, 0.4) is 0 Å². The Morgan fingerprint density at radius 3 is 1.48 bits per heavy atom. The molecule has 0 radical (unpaired) electrons. The molecule has 0 aliphatic heterocycles. The van der Waals surface area contributed by atoms with Crippen LogP contribution in [0.1, 0.15) is 0 Å². The number of hydrogen-bond acceptors (Lipinski definition) is 9. The molecule has 0 saturated carbocycles. The summed E-state index contributed by atoms with van der Waals surface area (Å²) in [6.45, 7) is -3.29. The second-order valence-corrected chi connectivity index (χ2v) is 4.17. The first-order chi connectivity index (χ1) is 9.61. The van der Waals surface area contributed by atoms with Gasteiger partial charge in [-0.15, -0.1) is 0 Å². The van der Waals surface area contributed by atoms with Gasteiger partial charge < -0.3 is 35.7 Å². The zero-order valence-electron chi connectivity index (χ0n) is 12.9. The summed E-state index contributed by atoms with van der Waals surface area (Å²) in [7, 11) is 0. The number of carboxylic acid groups (broad SMARTS) is 4. The summed E-state index contributed by atoms with van der Waals surface area (Å²) in [5.74, 6) is -5.80. The number of carboxylic acids is 4. The van der Waals surface area contributed by atoms with E-state index in [1.165, 1.54) is 0 Å². The molecule has 0 aliphatic rings. The van der Waals surface area contributed by atoms with Crippen LogP contribution in [0.15, 0.2) is 0 Å². The Labute approximate surface area is 176 Å². The molecule has 120 valence electrons. The molecule has 0 aromatic rings. The van der Waals surface area contributed by atoms with E-state index in [-0.39, 0.29) is 65.7 Å². The number of nitrogens with zero attached hydrogens (tertiary/aromatic N) is 2. The monoisotopic (exact) mass is 351 g/mol. The Hall–Kier alpha value is -0.240. The SMILES string of the molecule is NC(CN(CC(=O)O)CC(=O)O)N(CC(=O)[O-])CC(=O)[O-].[Na+].[Na+]. The molecule has 0 saturated heterocycles. The molecule has 0 aliphatic carbocycles. The number of carbonyl (C=O) groups excluding carboxylic acids is 2. The zero-order valence-corrected chi connectivity index (χ0v) is 16.9. The van der Waals surface area contributed by atoms with E-state index in [1.54, 1.807) is 0 Å². The maximum absolute atomic E-state index is 10.6. The van der Waals surface area contributed by atoms with Crippen molar-refractivity contribution in [3.05, 3.63) is 0 Å². The number of rotatable bonds is 11. The molecule has 13 heteroatoms. The van der Waals surface area contributed by atoms with Gasteiger partial charge in [0, 0.05) is 19.6 Å². The van der Waals surface area contributed by atoms with Gasteiger partial charge in [0.25, 0.3) is 0 Å². The Balaban J connectivity index is -0.00000200. The number of carbonyl (C=O) groups is 4. The van der Waals surface area contributed by atoms with Crippen LogP contribution in [0.2, 0.25) is 0 Å². The minimum atomic E-state index is -1.59. The summed E-state index contributed by atoms with van der Waals surface area (Å²) in [6, 6.07) is 0. The molecule has 1 unspecified atom stereocenters. The van der Waals surface area contributed by atoms with E-state index in [1.807, 2.05) is 0 Å². The Kier molecular flexibility index (Phi) is 17.0. The van der Waals surface area contributed by atoms with Crippen LogP contribution in [0, 0.1) is 0 Å². The smallest absolute Gasteiger partial charge is 0.549 e. The van der Waals surface area contributed by atoms with E-state index < -0.39 is 56.2 Å². The number of hydrogen-bond donors (Lipinski definition) is 3. The van der Waals surface area contributed by atoms with E-state index in [9.17, 15) is 29.4 Å². The van der Waals surface area contributed by atoms with Crippen LogP contribution in [-0.4, -0.2) is 82.8 Å². The third-order valence-corrected chi connectivity index (χ3v) is 2.30. The average Bonchev–Trinajstić information content (AvgIpc) is 2.24. The topological polar surface area (TPSA) is 187 Å². The van der Waals surface area contributed by atoms with Crippen LogP contribution in [0.4, 0.5) is 0 Å². The largest absolute Gasteiger partial charge is 1.00 e. The summed E-state index contributed by atoms with van der Waals surface area (Å²) in [4.78, 5) is 43.9. The zero-order chi connectivity index (χ0) is 16.6. The van der Waals surface area contributed by atoms with E-state index in [0.29, 0.717) is 0 Å². The molecule has 0 amide bonds. The van der Waals surface area contributed by atoms with Crippen molar-refractivity contribution in [1.29, 1.82) is 0 Å². The average molecular weight is 351 g/mol. The van der Waals surface area contributed by atoms with Crippen molar-refractivity contribution in [2.75, 3.05) is 32.7 Å². The summed E-state index contributed by atoms with van der Waals surface area (Å²) in [6.07, 6.45) is -1.22. The normalized spacial score (nSPS) is 11.3. The van der Waals surface area contributed by atoms with Gasteiger partial charge >= 0.3 is 71.1 Å². The Morgan fingerprint density at radius 2 is 1.22 bits per heavy atom. The second kappa shape index (κ2) is 14.1. The van der Waals surface area contributed by atoms with E-state index in [0.717, 1.165) is 9.80 Å². The fraction of sp³-hybridized carbons (Fsp3) is 0.600. The van der Waals surface area contributed by atoms with Gasteiger partial charge in [0.2, 0.25) is 0 Å². The van der Waals surface area contributed by atoms with Gasteiger partial charge in [-0.3, -0.25) is 19.4 Å². The van der Waals surface area contributed by atoms with E-state index in [4.69, 9.17) is 15.9 Å². The molecule has 1 atom stereocenters. The maximum atomic E-state index is 10.6. The molecule has 0 heterocycles. The van der Waals surface area contributed by atoms with Crippen molar-refractivity contribution >= 4 is 23.9 Å². The van der Waals surface area contributed by atoms with Crippen molar-refractivity contribution in [3.63, 3.8) is 0 Å². The molecule has 11 nitrogen and oxygen atoms in total. The van der Waals surface area contributed by atoms with Gasteiger partial charge in [-0.2, -0.15) is 0 Å². The van der Waals surface area contributed by atoms with Gasteiger partial charge in [-0.1, -0.05) is 0 Å². The summed E-state index contributed by atoms with van der Waals surface area (Å²) < 4.78 is 0. The van der Waals surface area contributed by atoms with Crippen LogP contribution >= 0.6 is 0 Å². The summed E-state index contributed by atoms with van der Waals surface area (Å²) >= 11 is 0. The van der Waals surface area contributed by atoms with Crippen LogP contribution in [-0.2, 0) is 19.2 Å². The van der Waals surface area contributed by atoms with Gasteiger partial charge in [0.15, 0.2) is 0 Å². The van der Waals surface area contributed by atoms with Gasteiger partial charge in [-0.25, -0.2) is 0 Å². The summed E-state index contributed by atoms with van der Waals surface area (Å²) in [5, 5.41) is 38.3. The van der Waals surface area contributed by atoms with Crippen LogP contribution in [0.25, 0.3) is 0 Å². The first-order valence-corrected chi connectivity index (χ1v) is 5.67. The predicted octanol–water partition coefficient (Wildman–Crippen LogP) is -11.4. The van der Waals surface area contributed by atoms with E-state index in [2.05, 4.69) is 0 Å². The Morgan fingerprint density at radius 1 is 0.870 bits per heavy atom. The third-order valence-electron chi connectivity index (χ3n) is 2.30. The molecule has 0 fully saturated rings. The van der Waals surface area contributed by atoms with Gasteiger partial charge in [0.05, 0.1) is 31.2 Å². The molecule has 0 rings (SSSR count). The minimum absolute atomic E-state index is 0. The molecule has 0 spiro atoms. The van der Waals surface area contributed by atoms with Gasteiger partial charge in [-0.05, 0) is 0 Å². The fourth-order valence-electron chi connectivity index (χ4n) is 1.57. The quantitative estimate of drug-likeness (QED) is 0.237. The minimum Gasteiger partial charge on any atom is -0.549 e. The van der Waals surface area contributed by atoms with Gasteiger partial charge in [0.1, 0.15) is 0 Å². The molecule has 0 aromatic heterocycles. The standard InChI is InChI=1S/C10H17N3O8.2Na/c11-6(13(4-9(18)19)5-10(20)21)1-12(2-7(14)15)3-8(16)17;;/h6H,1-5,11H2,(H,14,15)(H,16,17)(H,18,19)(H,20,21);;/q;2*+1/p-2. The van der Waals surface area contributed by atoms with Crippen molar-refractivity contribution in [2.24, 2.45) is 5.73 Å². The van der Waals surface area contributed by atoms with Crippen LogP contribution < -0.4 is 75.1 Å². The molecule has 4 N–H and O–H groups in total. The Bertz CT molecular complexity index is 391. The molecular weight excluding hydrogens is 336 g/mol. The maximum Gasteiger partial charge on any atom is 1.00 e.